The fourth-order valence-corrected chi connectivity index (χ4v) is 2.37. The Morgan fingerprint density at radius 1 is 1.17 bits per heavy atom. The molecule has 2 atom stereocenters. The van der Waals surface area contributed by atoms with Gasteiger partial charge in [0.15, 0.2) is 0 Å². The summed E-state index contributed by atoms with van der Waals surface area (Å²) >= 11 is 0. The molecule has 1 saturated carbocycles. The first-order chi connectivity index (χ1) is 5.69. The van der Waals surface area contributed by atoms with Gasteiger partial charge in [0, 0.05) is 12.1 Å². The van der Waals surface area contributed by atoms with Crippen molar-refractivity contribution in [1.82, 2.24) is 5.32 Å². The van der Waals surface area contributed by atoms with Crippen LogP contribution in [-0.4, -0.2) is 12.1 Å². The lowest BCUT2D eigenvalue weighted by Crippen LogP contribution is -2.53. The van der Waals surface area contributed by atoms with Crippen LogP contribution in [0.2, 0.25) is 0 Å². The SMILES string of the molecule is CCC1CC(CC)C1NC(C)C. The lowest BCUT2D eigenvalue weighted by Gasteiger charge is -2.46. The Balaban J connectivity index is 2.35. The third-order valence-electron chi connectivity index (χ3n) is 3.20. The molecule has 0 aromatic heterocycles. The maximum Gasteiger partial charge on any atom is 0.0126 e. The van der Waals surface area contributed by atoms with Gasteiger partial charge in [-0.2, -0.15) is 0 Å². The molecular formula is C11H23N. The maximum atomic E-state index is 3.68. The average Bonchev–Trinajstić information content (AvgIpc) is 2.00. The molecule has 1 heteroatoms. The highest BCUT2D eigenvalue weighted by atomic mass is 15.0. The first-order valence-electron chi connectivity index (χ1n) is 5.45. The van der Waals surface area contributed by atoms with Crippen molar-refractivity contribution in [2.24, 2.45) is 11.8 Å². The van der Waals surface area contributed by atoms with E-state index in [1.54, 1.807) is 0 Å². The van der Waals surface area contributed by atoms with Crippen molar-refractivity contribution >= 4 is 0 Å². The van der Waals surface area contributed by atoms with Crippen LogP contribution in [0.5, 0.6) is 0 Å². The standard InChI is InChI=1S/C11H23N/c1-5-9-7-10(6-2)11(9)12-8(3)4/h8-12H,5-7H2,1-4H3. The van der Waals surface area contributed by atoms with E-state index in [0.29, 0.717) is 6.04 Å². The lowest BCUT2D eigenvalue weighted by atomic mass is 9.67. The van der Waals surface area contributed by atoms with Crippen LogP contribution >= 0.6 is 0 Å². The number of hydrogen-bond acceptors (Lipinski definition) is 1. The predicted molar refractivity (Wildman–Crippen MR) is 54.2 cm³/mol. The van der Waals surface area contributed by atoms with Crippen molar-refractivity contribution in [2.45, 2.75) is 59.0 Å². The van der Waals surface area contributed by atoms with Crippen molar-refractivity contribution in [3.8, 4) is 0 Å². The molecule has 12 heavy (non-hydrogen) atoms. The van der Waals surface area contributed by atoms with Gasteiger partial charge in [-0.1, -0.05) is 40.5 Å². The molecule has 72 valence electrons. The molecule has 1 rings (SSSR count). The van der Waals surface area contributed by atoms with Crippen molar-refractivity contribution in [2.75, 3.05) is 0 Å². The molecule has 0 amide bonds. The van der Waals surface area contributed by atoms with Crippen LogP contribution in [0, 0.1) is 11.8 Å². The zero-order chi connectivity index (χ0) is 9.14. The topological polar surface area (TPSA) is 12.0 Å². The molecule has 0 saturated heterocycles. The fourth-order valence-electron chi connectivity index (χ4n) is 2.37. The molecule has 1 aliphatic carbocycles. The molecule has 0 bridgehead atoms. The lowest BCUT2D eigenvalue weighted by molar-refractivity contribution is 0.0946. The van der Waals surface area contributed by atoms with E-state index < -0.39 is 0 Å². The monoisotopic (exact) mass is 169 g/mol. The Morgan fingerprint density at radius 3 is 2.00 bits per heavy atom. The van der Waals surface area contributed by atoms with Crippen molar-refractivity contribution in [3.05, 3.63) is 0 Å². The first kappa shape index (κ1) is 10.0. The van der Waals surface area contributed by atoms with Crippen LogP contribution in [0.25, 0.3) is 0 Å². The quantitative estimate of drug-likeness (QED) is 0.682. The number of nitrogens with one attached hydrogen (secondary N) is 1. The van der Waals surface area contributed by atoms with Gasteiger partial charge >= 0.3 is 0 Å². The summed E-state index contributed by atoms with van der Waals surface area (Å²) in [4.78, 5) is 0. The van der Waals surface area contributed by atoms with E-state index in [0.717, 1.165) is 17.9 Å². The van der Waals surface area contributed by atoms with E-state index in [9.17, 15) is 0 Å². The van der Waals surface area contributed by atoms with Gasteiger partial charge in [0.2, 0.25) is 0 Å². The molecule has 0 aliphatic heterocycles. The summed E-state index contributed by atoms with van der Waals surface area (Å²) in [5.74, 6) is 1.91. The third kappa shape index (κ3) is 2.01. The fraction of sp³-hybridized carbons (Fsp3) is 1.00. The summed E-state index contributed by atoms with van der Waals surface area (Å²) in [6.07, 6.45) is 4.15. The van der Waals surface area contributed by atoms with Crippen molar-refractivity contribution < 1.29 is 0 Å². The number of rotatable bonds is 4. The van der Waals surface area contributed by atoms with Crippen molar-refractivity contribution in [3.63, 3.8) is 0 Å². The Bertz CT molecular complexity index is 121. The first-order valence-corrected chi connectivity index (χ1v) is 5.45. The summed E-state index contributed by atoms with van der Waals surface area (Å²) in [5, 5.41) is 3.68. The molecule has 1 fully saturated rings. The highest BCUT2D eigenvalue weighted by molar-refractivity contribution is 4.93. The van der Waals surface area contributed by atoms with Gasteiger partial charge in [0.1, 0.15) is 0 Å². The molecule has 1 aliphatic rings. The van der Waals surface area contributed by atoms with E-state index in [4.69, 9.17) is 0 Å². The largest absolute Gasteiger partial charge is 0.311 e. The van der Waals surface area contributed by atoms with E-state index >= 15 is 0 Å². The molecule has 0 aromatic carbocycles. The van der Waals surface area contributed by atoms with Crippen LogP contribution in [-0.2, 0) is 0 Å². The van der Waals surface area contributed by atoms with Gasteiger partial charge in [0.05, 0.1) is 0 Å². The van der Waals surface area contributed by atoms with Crippen LogP contribution < -0.4 is 5.32 Å². The summed E-state index contributed by atoms with van der Waals surface area (Å²) in [7, 11) is 0. The van der Waals surface area contributed by atoms with E-state index in [1.165, 1.54) is 19.3 Å². The van der Waals surface area contributed by atoms with E-state index in [1.807, 2.05) is 0 Å². The van der Waals surface area contributed by atoms with Gasteiger partial charge in [-0.05, 0) is 18.3 Å². The highest BCUT2D eigenvalue weighted by Gasteiger charge is 2.38. The minimum Gasteiger partial charge on any atom is -0.311 e. The Hall–Kier alpha value is -0.0400. The van der Waals surface area contributed by atoms with E-state index in [2.05, 4.69) is 33.0 Å². The molecule has 0 spiro atoms. The smallest absolute Gasteiger partial charge is 0.0126 e. The molecule has 0 radical (unpaired) electrons. The molecule has 0 heterocycles. The second-order valence-electron chi connectivity index (χ2n) is 4.42. The van der Waals surface area contributed by atoms with Gasteiger partial charge in [-0.15, -0.1) is 0 Å². The number of hydrogen-bond donors (Lipinski definition) is 1. The minimum absolute atomic E-state index is 0.651. The zero-order valence-corrected chi connectivity index (χ0v) is 8.93. The summed E-state index contributed by atoms with van der Waals surface area (Å²) < 4.78 is 0. The second kappa shape index (κ2) is 4.27. The van der Waals surface area contributed by atoms with Gasteiger partial charge in [-0.3, -0.25) is 0 Å². The van der Waals surface area contributed by atoms with Crippen molar-refractivity contribution in [1.29, 1.82) is 0 Å². The molecule has 2 unspecified atom stereocenters. The highest BCUT2D eigenvalue weighted by Crippen LogP contribution is 2.38. The Morgan fingerprint density at radius 2 is 1.67 bits per heavy atom. The normalized spacial score (nSPS) is 35.2. The third-order valence-corrected chi connectivity index (χ3v) is 3.20. The van der Waals surface area contributed by atoms with Crippen LogP contribution in [0.4, 0.5) is 0 Å². The molecular weight excluding hydrogens is 146 g/mol. The summed E-state index contributed by atoms with van der Waals surface area (Å²) in [5.41, 5.74) is 0. The molecule has 0 aromatic rings. The summed E-state index contributed by atoms with van der Waals surface area (Å²) in [6, 6.07) is 1.47. The minimum atomic E-state index is 0.651. The average molecular weight is 169 g/mol. The van der Waals surface area contributed by atoms with Crippen LogP contribution in [0.15, 0.2) is 0 Å². The second-order valence-corrected chi connectivity index (χ2v) is 4.42. The van der Waals surface area contributed by atoms with Crippen LogP contribution in [0.1, 0.15) is 47.0 Å². The maximum absolute atomic E-state index is 3.68. The molecule has 1 nitrogen and oxygen atoms in total. The van der Waals surface area contributed by atoms with Gasteiger partial charge in [-0.25, -0.2) is 0 Å². The summed E-state index contributed by atoms with van der Waals surface area (Å²) in [6.45, 7) is 9.12. The van der Waals surface area contributed by atoms with Gasteiger partial charge in [0.25, 0.3) is 0 Å². The Kier molecular flexibility index (Phi) is 3.57. The Labute approximate surface area is 76.9 Å². The molecule has 1 N–H and O–H groups in total. The van der Waals surface area contributed by atoms with E-state index in [-0.39, 0.29) is 0 Å². The predicted octanol–water partition coefficient (Wildman–Crippen LogP) is 2.81. The van der Waals surface area contributed by atoms with Crippen LogP contribution in [0.3, 0.4) is 0 Å². The zero-order valence-electron chi connectivity index (χ0n) is 8.93. The van der Waals surface area contributed by atoms with Gasteiger partial charge < -0.3 is 5.32 Å².